The lowest BCUT2D eigenvalue weighted by molar-refractivity contribution is -0.148. The number of rotatable bonds is 5. The third-order valence-corrected chi connectivity index (χ3v) is 2.47. The fourth-order valence-electron chi connectivity index (χ4n) is 1.36. The van der Waals surface area contributed by atoms with Crippen LogP contribution in [0.15, 0.2) is 36.4 Å². The van der Waals surface area contributed by atoms with Gasteiger partial charge >= 0.3 is 5.97 Å². The molecule has 0 aliphatic heterocycles. The lowest BCUT2D eigenvalue weighted by Gasteiger charge is -2.12. The van der Waals surface area contributed by atoms with Crippen molar-refractivity contribution in [1.82, 2.24) is 0 Å². The van der Waals surface area contributed by atoms with Crippen LogP contribution in [0.25, 0.3) is 0 Å². The van der Waals surface area contributed by atoms with Gasteiger partial charge in [0.05, 0.1) is 0 Å². The molecule has 0 spiro atoms. The van der Waals surface area contributed by atoms with Crippen LogP contribution in [-0.4, -0.2) is 18.0 Å². The highest BCUT2D eigenvalue weighted by molar-refractivity contribution is 5.95. The molecular formula is C15H19NO3. The van der Waals surface area contributed by atoms with E-state index in [1.165, 1.54) is 6.08 Å². The van der Waals surface area contributed by atoms with Crippen molar-refractivity contribution >= 4 is 17.6 Å². The van der Waals surface area contributed by atoms with E-state index in [0.717, 1.165) is 12.0 Å². The number of aryl methyl sites for hydroxylation is 1. The van der Waals surface area contributed by atoms with Gasteiger partial charge in [-0.3, -0.25) is 4.79 Å². The Balaban J connectivity index is 2.51. The maximum atomic E-state index is 11.8. The molecule has 0 unspecified atom stereocenters. The molecule has 0 fully saturated rings. The molecule has 102 valence electrons. The smallest absolute Gasteiger partial charge is 0.331 e. The zero-order valence-electron chi connectivity index (χ0n) is 11.5. The first-order valence-corrected chi connectivity index (χ1v) is 6.27. The Bertz CT molecular complexity index is 463. The number of hydrogen-bond acceptors (Lipinski definition) is 3. The topological polar surface area (TPSA) is 55.4 Å². The normalized spacial score (nSPS) is 12.2. The summed E-state index contributed by atoms with van der Waals surface area (Å²) >= 11 is 0. The average molecular weight is 261 g/mol. The van der Waals surface area contributed by atoms with E-state index in [1.807, 2.05) is 26.0 Å². The number of anilines is 1. The zero-order valence-corrected chi connectivity index (χ0v) is 11.5. The molecule has 0 radical (unpaired) electrons. The fourth-order valence-corrected chi connectivity index (χ4v) is 1.36. The van der Waals surface area contributed by atoms with Crippen molar-refractivity contribution in [2.45, 2.75) is 33.3 Å². The van der Waals surface area contributed by atoms with Crippen LogP contribution in [0.5, 0.6) is 0 Å². The van der Waals surface area contributed by atoms with Crippen molar-refractivity contribution in [3.8, 4) is 0 Å². The van der Waals surface area contributed by atoms with Gasteiger partial charge in [0.25, 0.3) is 5.91 Å². The molecule has 19 heavy (non-hydrogen) atoms. The Hall–Kier alpha value is -2.10. The highest BCUT2D eigenvalue weighted by Crippen LogP contribution is 2.09. The van der Waals surface area contributed by atoms with Crippen molar-refractivity contribution < 1.29 is 14.3 Å². The third-order valence-electron chi connectivity index (χ3n) is 2.47. The summed E-state index contributed by atoms with van der Waals surface area (Å²) in [7, 11) is 0. The minimum atomic E-state index is -0.824. The van der Waals surface area contributed by atoms with E-state index >= 15 is 0 Å². The lowest BCUT2D eigenvalue weighted by Crippen LogP contribution is -2.29. The summed E-state index contributed by atoms with van der Waals surface area (Å²) in [6.07, 6.45) is 2.94. The average Bonchev–Trinajstić information content (AvgIpc) is 2.39. The molecule has 0 aliphatic carbocycles. The van der Waals surface area contributed by atoms with E-state index in [-0.39, 0.29) is 5.91 Å². The molecule has 0 saturated carbocycles. The number of hydrogen-bond donors (Lipinski definition) is 1. The molecule has 0 aliphatic rings. The molecule has 1 atom stereocenters. The summed E-state index contributed by atoms with van der Waals surface area (Å²) in [5.74, 6) is -0.851. The number of esters is 1. The predicted molar refractivity (Wildman–Crippen MR) is 74.8 cm³/mol. The van der Waals surface area contributed by atoms with Gasteiger partial charge in [-0.25, -0.2) is 4.79 Å². The Kier molecular flexibility index (Phi) is 5.79. The first-order valence-electron chi connectivity index (χ1n) is 6.27. The van der Waals surface area contributed by atoms with Gasteiger partial charge in [0.15, 0.2) is 6.10 Å². The van der Waals surface area contributed by atoms with Crippen LogP contribution in [0.4, 0.5) is 5.69 Å². The van der Waals surface area contributed by atoms with Crippen molar-refractivity contribution in [2.75, 3.05) is 5.32 Å². The number of carbonyl (C=O) groups excluding carboxylic acids is 2. The third kappa shape index (κ3) is 5.38. The second kappa shape index (κ2) is 7.36. The second-order valence-electron chi connectivity index (χ2n) is 4.25. The standard InChI is InChI=1S/C15H19NO3/c1-4-5-6-14(17)19-12(3)15(18)16-13-9-7-11(2)8-10-13/h5-10,12H,4H2,1-3H3,(H,16,18)/b6-5+/t12-/m0/s1. The first-order chi connectivity index (χ1) is 9.02. The highest BCUT2D eigenvalue weighted by atomic mass is 16.5. The monoisotopic (exact) mass is 261 g/mol. The van der Waals surface area contributed by atoms with E-state index in [9.17, 15) is 9.59 Å². The molecule has 0 aromatic heterocycles. The van der Waals surface area contributed by atoms with Gasteiger partial charge in [-0.2, -0.15) is 0 Å². The number of nitrogens with one attached hydrogen (secondary N) is 1. The molecule has 1 aromatic rings. The highest BCUT2D eigenvalue weighted by Gasteiger charge is 2.16. The number of amides is 1. The molecule has 1 N–H and O–H groups in total. The van der Waals surface area contributed by atoms with Crippen molar-refractivity contribution in [3.63, 3.8) is 0 Å². The fraction of sp³-hybridized carbons (Fsp3) is 0.333. The van der Waals surface area contributed by atoms with Crippen LogP contribution in [0.3, 0.4) is 0 Å². The van der Waals surface area contributed by atoms with E-state index in [2.05, 4.69) is 5.32 Å². The minimum Gasteiger partial charge on any atom is -0.449 e. The maximum Gasteiger partial charge on any atom is 0.331 e. The van der Waals surface area contributed by atoms with E-state index in [0.29, 0.717) is 5.69 Å². The van der Waals surface area contributed by atoms with Crippen LogP contribution in [-0.2, 0) is 14.3 Å². The van der Waals surface area contributed by atoms with Crippen LogP contribution in [0.2, 0.25) is 0 Å². The van der Waals surface area contributed by atoms with Crippen LogP contribution < -0.4 is 5.32 Å². The number of ether oxygens (including phenoxy) is 1. The molecule has 4 heteroatoms. The Labute approximate surface area is 113 Å². The number of carbonyl (C=O) groups is 2. The van der Waals surface area contributed by atoms with E-state index in [4.69, 9.17) is 4.74 Å². The summed E-state index contributed by atoms with van der Waals surface area (Å²) in [5.41, 5.74) is 1.80. The minimum absolute atomic E-state index is 0.345. The zero-order chi connectivity index (χ0) is 14.3. The molecule has 1 rings (SSSR count). The van der Waals surface area contributed by atoms with E-state index < -0.39 is 12.1 Å². The predicted octanol–water partition coefficient (Wildman–Crippen LogP) is 2.83. The molecule has 4 nitrogen and oxygen atoms in total. The Morgan fingerprint density at radius 2 is 1.95 bits per heavy atom. The van der Waals surface area contributed by atoms with Crippen LogP contribution in [0, 0.1) is 6.92 Å². The van der Waals surface area contributed by atoms with Gasteiger partial charge < -0.3 is 10.1 Å². The molecule has 0 saturated heterocycles. The lowest BCUT2D eigenvalue weighted by atomic mass is 10.2. The molecule has 0 bridgehead atoms. The molecular weight excluding hydrogens is 242 g/mol. The van der Waals surface area contributed by atoms with Gasteiger partial charge in [-0.15, -0.1) is 0 Å². The van der Waals surface area contributed by atoms with Gasteiger partial charge in [-0.1, -0.05) is 30.7 Å². The molecule has 1 amide bonds. The second-order valence-corrected chi connectivity index (χ2v) is 4.25. The van der Waals surface area contributed by atoms with Crippen molar-refractivity contribution in [1.29, 1.82) is 0 Å². The van der Waals surface area contributed by atoms with Crippen molar-refractivity contribution in [2.24, 2.45) is 0 Å². The first kappa shape index (κ1) is 15.0. The van der Waals surface area contributed by atoms with E-state index in [1.54, 1.807) is 25.1 Å². The van der Waals surface area contributed by atoms with Crippen LogP contribution in [0.1, 0.15) is 25.8 Å². The molecule has 1 aromatic carbocycles. The van der Waals surface area contributed by atoms with Gasteiger partial charge in [0.1, 0.15) is 0 Å². The van der Waals surface area contributed by atoms with Gasteiger partial charge in [-0.05, 0) is 32.4 Å². The summed E-state index contributed by atoms with van der Waals surface area (Å²) in [6.45, 7) is 5.43. The summed E-state index contributed by atoms with van der Waals surface area (Å²) < 4.78 is 4.97. The summed E-state index contributed by atoms with van der Waals surface area (Å²) in [4.78, 5) is 23.1. The Morgan fingerprint density at radius 1 is 1.32 bits per heavy atom. The summed E-state index contributed by atoms with van der Waals surface area (Å²) in [5, 5.41) is 2.69. The van der Waals surface area contributed by atoms with Gasteiger partial charge in [0.2, 0.25) is 0 Å². The van der Waals surface area contributed by atoms with Crippen LogP contribution >= 0.6 is 0 Å². The maximum absolute atomic E-state index is 11.8. The SMILES string of the molecule is CC/C=C/C(=O)O[C@@H](C)C(=O)Nc1ccc(C)cc1. The van der Waals surface area contributed by atoms with Gasteiger partial charge in [0, 0.05) is 11.8 Å². The quantitative estimate of drug-likeness (QED) is 0.655. The van der Waals surface area contributed by atoms with Crippen molar-refractivity contribution in [3.05, 3.63) is 42.0 Å². The Morgan fingerprint density at radius 3 is 2.53 bits per heavy atom. The number of allylic oxidation sites excluding steroid dienone is 1. The number of benzene rings is 1. The largest absolute Gasteiger partial charge is 0.449 e. The molecule has 0 heterocycles. The summed E-state index contributed by atoms with van der Waals surface area (Å²) in [6, 6.07) is 7.41.